The van der Waals surface area contributed by atoms with Crippen LogP contribution in [0.25, 0.3) is 0 Å². The molecule has 2 heterocycles. The van der Waals surface area contributed by atoms with Gasteiger partial charge in [0.2, 0.25) is 0 Å². The molecule has 0 spiro atoms. The van der Waals surface area contributed by atoms with E-state index in [0.717, 1.165) is 44.8 Å². The molecule has 2 aliphatic rings. The van der Waals surface area contributed by atoms with Gasteiger partial charge in [-0.15, -0.1) is 0 Å². The highest BCUT2D eigenvalue weighted by Gasteiger charge is 2.23. The van der Waals surface area contributed by atoms with E-state index in [1.807, 2.05) is 79.7 Å². The number of ether oxygens (including phenoxy) is 1. The number of anilines is 3. The third-order valence-electron chi connectivity index (χ3n) is 5.72. The van der Waals surface area contributed by atoms with Gasteiger partial charge in [0.1, 0.15) is 11.1 Å². The SMILES string of the molecule is CC1N=c2cc3c(cc2Oc2ccc(Cl)c1c2)=Nc1ccccc1N3c1ccc(Cl)cc1. The Kier molecular flexibility index (Phi) is 4.46. The van der Waals surface area contributed by atoms with E-state index < -0.39 is 0 Å². The van der Waals surface area contributed by atoms with Crippen molar-refractivity contribution in [2.75, 3.05) is 4.90 Å². The second-order valence-electron chi connectivity index (χ2n) is 7.81. The summed E-state index contributed by atoms with van der Waals surface area (Å²) in [4.78, 5) is 12.0. The molecule has 2 aliphatic heterocycles. The summed E-state index contributed by atoms with van der Waals surface area (Å²) in [5.41, 5.74) is 4.75. The molecular formula is C26H17Cl2N3O. The maximum atomic E-state index is 6.42. The third kappa shape index (κ3) is 3.15. The Morgan fingerprint density at radius 2 is 1.66 bits per heavy atom. The fraction of sp³-hybridized carbons (Fsp3) is 0.0769. The Morgan fingerprint density at radius 1 is 0.844 bits per heavy atom. The summed E-state index contributed by atoms with van der Waals surface area (Å²) in [7, 11) is 0. The minimum Gasteiger partial charge on any atom is -0.455 e. The van der Waals surface area contributed by atoms with Gasteiger partial charge in [0.05, 0.1) is 28.5 Å². The largest absolute Gasteiger partial charge is 0.455 e. The first kappa shape index (κ1) is 19.4. The Labute approximate surface area is 195 Å². The van der Waals surface area contributed by atoms with E-state index in [9.17, 15) is 0 Å². The number of fused-ring (bicyclic) bond motifs is 5. The van der Waals surface area contributed by atoms with Gasteiger partial charge in [-0.05, 0) is 73.2 Å². The van der Waals surface area contributed by atoms with Crippen molar-refractivity contribution in [3.8, 4) is 11.5 Å². The highest BCUT2D eigenvalue weighted by Crippen LogP contribution is 2.42. The molecule has 1 atom stereocenters. The smallest absolute Gasteiger partial charge is 0.154 e. The molecule has 0 fully saturated rings. The average molecular weight is 458 g/mol. The molecule has 6 rings (SSSR count). The lowest BCUT2D eigenvalue weighted by Gasteiger charge is -2.30. The summed E-state index contributed by atoms with van der Waals surface area (Å²) in [6.07, 6.45) is 0. The topological polar surface area (TPSA) is 37.2 Å². The summed E-state index contributed by atoms with van der Waals surface area (Å²) < 4.78 is 6.21. The zero-order valence-corrected chi connectivity index (χ0v) is 18.6. The van der Waals surface area contributed by atoms with Crippen LogP contribution in [0.15, 0.2) is 88.8 Å². The second kappa shape index (κ2) is 7.37. The molecule has 0 saturated carbocycles. The molecule has 1 unspecified atom stereocenters. The molecule has 4 nitrogen and oxygen atoms in total. The van der Waals surface area contributed by atoms with E-state index in [0.29, 0.717) is 15.8 Å². The zero-order valence-electron chi connectivity index (χ0n) is 17.1. The number of nitrogens with zero attached hydrogens (tertiary/aromatic N) is 3. The van der Waals surface area contributed by atoms with Gasteiger partial charge < -0.3 is 9.64 Å². The number of para-hydroxylation sites is 2. The van der Waals surface area contributed by atoms with Crippen LogP contribution in [0.3, 0.4) is 0 Å². The van der Waals surface area contributed by atoms with Crippen molar-refractivity contribution < 1.29 is 4.74 Å². The minimum absolute atomic E-state index is 0.111. The van der Waals surface area contributed by atoms with Crippen molar-refractivity contribution >= 4 is 46.0 Å². The van der Waals surface area contributed by atoms with Crippen LogP contribution in [0.1, 0.15) is 18.5 Å². The van der Waals surface area contributed by atoms with Crippen molar-refractivity contribution in [2.45, 2.75) is 13.0 Å². The van der Waals surface area contributed by atoms with Crippen LogP contribution < -0.4 is 20.4 Å². The molecule has 0 N–H and O–H groups in total. The lowest BCUT2D eigenvalue weighted by molar-refractivity contribution is 0.468. The van der Waals surface area contributed by atoms with Crippen molar-refractivity contribution in [1.29, 1.82) is 0 Å². The lowest BCUT2D eigenvalue weighted by Crippen LogP contribution is -2.26. The summed E-state index contributed by atoms with van der Waals surface area (Å²) in [6, 6.07) is 25.4. The van der Waals surface area contributed by atoms with Gasteiger partial charge in [0.15, 0.2) is 5.75 Å². The van der Waals surface area contributed by atoms with E-state index in [1.54, 1.807) is 0 Å². The molecule has 32 heavy (non-hydrogen) atoms. The van der Waals surface area contributed by atoms with Crippen LogP contribution in [-0.4, -0.2) is 0 Å². The van der Waals surface area contributed by atoms with Crippen molar-refractivity contribution in [3.05, 3.63) is 105 Å². The minimum atomic E-state index is -0.111. The van der Waals surface area contributed by atoms with Crippen molar-refractivity contribution in [3.63, 3.8) is 0 Å². The molecular weight excluding hydrogens is 441 g/mol. The first-order valence-electron chi connectivity index (χ1n) is 10.3. The molecule has 4 aromatic carbocycles. The number of benzene rings is 4. The van der Waals surface area contributed by atoms with E-state index in [1.165, 1.54) is 0 Å². The Balaban J connectivity index is 1.62. The van der Waals surface area contributed by atoms with E-state index >= 15 is 0 Å². The molecule has 6 heteroatoms. The number of hydrogen-bond donors (Lipinski definition) is 0. The van der Waals surface area contributed by atoms with Crippen molar-refractivity contribution in [2.24, 2.45) is 9.98 Å². The normalized spacial score (nSPS) is 15.7. The van der Waals surface area contributed by atoms with Gasteiger partial charge in [-0.3, -0.25) is 4.99 Å². The Bertz CT molecular complexity index is 1500. The molecule has 2 bridgehead atoms. The molecule has 0 amide bonds. The van der Waals surface area contributed by atoms with Gasteiger partial charge in [-0.2, -0.15) is 0 Å². The maximum Gasteiger partial charge on any atom is 0.154 e. The molecule has 0 radical (unpaired) electrons. The average Bonchev–Trinajstić information content (AvgIpc) is 2.79. The van der Waals surface area contributed by atoms with Crippen LogP contribution in [0.5, 0.6) is 11.5 Å². The number of rotatable bonds is 1. The van der Waals surface area contributed by atoms with Gasteiger partial charge >= 0.3 is 0 Å². The standard InChI is InChI=1S/C26H17Cl2N3O/c1-15-19-12-18(10-11-20(19)28)32-26-14-22-25(13-23(26)29-15)31(17-8-6-16(27)7-9-17)24-5-3-2-4-21(24)30-22/h2-15H,1H3. The quantitative estimate of drug-likeness (QED) is 0.266. The monoisotopic (exact) mass is 457 g/mol. The summed E-state index contributed by atoms with van der Waals surface area (Å²) in [5.74, 6) is 1.40. The molecule has 4 aromatic rings. The second-order valence-corrected chi connectivity index (χ2v) is 8.66. The fourth-order valence-electron chi connectivity index (χ4n) is 4.18. The number of halogens is 2. The first-order valence-corrected chi connectivity index (χ1v) is 11.0. The van der Waals surface area contributed by atoms with Crippen LogP contribution in [-0.2, 0) is 0 Å². The highest BCUT2D eigenvalue weighted by molar-refractivity contribution is 6.31. The Hall–Kier alpha value is -3.34. The van der Waals surface area contributed by atoms with Crippen LogP contribution in [0.4, 0.5) is 22.7 Å². The van der Waals surface area contributed by atoms with Crippen LogP contribution >= 0.6 is 23.2 Å². The summed E-state index contributed by atoms with van der Waals surface area (Å²) >= 11 is 12.6. The van der Waals surface area contributed by atoms with E-state index in [4.69, 9.17) is 37.9 Å². The van der Waals surface area contributed by atoms with Crippen LogP contribution in [0.2, 0.25) is 10.0 Å². The summed E-state index contributed by atoms with van der Waals surface area (Å²) in [5, 5.41) is 2.95. The Morgan fingerprint density at radius 3 is 2.50 bits per heavy atom. The maximum absolute atomic E-state index is 6.42. The van der Waals surface area contributed by atoms with Crippen LogP contribution in [0, 0.1) is 0 Å². The fourth-order valence-corrected chi connectivity index (χ4v) is 4.59. The highest BCUT2D eigenvalue weighted by atomic mass is 35.5. The predicted molar refractivity (Wildman–Crippen MR) is 128 cm³/mol. The van der Waals surface area contributed by atoms with Gasteiger partial charge in [-0.25, -0.2) is 4.99 Å². The lowest BCUT2D eigenvalue weighted by atomic mass is 10.1. The molecule has 0 saturated heterocycles. The summed E-state index contributed by atoms with van der Waals surface area (Å²) in [6.45, 7) is 2.04. The molecule has 0 aliphatic carbocycles. The number of hydrogen-bond acceptors (Lipinski definition) is 4. The third-order valence-corrected chi connectivity index (χ3v) is 6.32. The van der Waals surface area contributed by atoms with Gasteiger partial charge in [-0.1, -0.05) is 35.3 Å². The molecule has 0 aromatic heterocycles. The van der Waals surface area contributed by atoms with E-state index in [2.05, 4.69) is 11.0 Å². The zero-order chi connectivity index (χ0) is 21.8. The first-order chi connectivity index (χ1) is 15.6. The van der Waals surface area contributed by atoms with Gasteiger partial charge in [0, 0.05) is 21.8 Å². The molecule has 156 valence electrons. The predicted octanol–water partition coefficient (Wildman–Crippen LogP) is 7.21. The van der Waals surface area contributed by atoms with E-state index in [-0.39, 0.29) is 6.04 Å². The van der Waals surface area contributed by atoms with Crippen molar-refractivity contribution in [1.82, 2.24) is 0 Å². The van der Waals surface area contributed by atoms with Gasteiger partial charge in [0.25, 0.3) is 0 Å².